The van der Waals surface area contributed by atoms with Crippen LogP contribution in [0.4, 0.5) is 0 Å². The summed E-state index contributed by atoms with van der Waals surface area (Å²) in [5, 5.41) is 0. The molecule has 1 aliphatic heterocycles. The Morgan fingerprint density at radius 1 is 1.07 bits per heavy atom. The number of hydrogen-bond donors (Lipinski definition) is 0. The average Bonchev–Trinajstić information content (AvgIpc) is 3.10. The molecule has 3 heterocycles. The van der Waals surface area contributed by atoms with E-state index in [0.717, 1.165) is 49.4 Å². The predicted octanol–water partition coefficient (Wildman–Crippen LogP) is 3.73. The number of aromatic nitrogens is 3. The normalized spacial score (nSPS) is 15.0. The van der Waals surface area contributed by atoms with Crippen molar-refractivity contribution in [3.8, 4) is 11.4 Å². The van der Waals surface area contributed by atoms with Gasteiger partial charge in [0.25, 0.3) is 0 Å². The van der Waals surface area contributed by atoms with Crippen LogP contribution in [0.15, 0.2) is 61.1 Å². The number of carbonyl (C=O) groups is 1. The molecule has 1 amide bonds. The lowest BCUT2D eigenvalue weighted by Crippen LogP contribution is -2.40. The van der Waals surface area contributed by atoms with Gasteiger partial charge in [0.15, 0.2) is 0 Å². The molecule has 0 N–H and O–H groups in total. The molecule has 5 heteroatoms. The minimum Gasteiger partial charge on any atom is -0.342 e. The van der Waals surface area contributed by atoms with E-state index in [4.69, 9.17) is 0 Å². The molecule has 0 atom stereocenters. The Hall–Kier alpha value is -2.95. The summed E-state index contributed by atoms with van der Waals surface area (Å²) in [7, 11) is 0. The maximum absolute atomic E-state index is 12.6. The highest BCUT2D eigenvalue weighted by atomic mass is 16.2. The van der Waals surface area contributed by atoms with E-state index in [9.17, 15) is 4.79 Å². The highest BCUT2D eigenvalue weighted by molar-refractivity contribution is 5.78. The highest BCUT2D eigenvalue weighted by Crippen LogP contribution is 2.25. The quantitative estimate of drug-likeness (QED) is 0.684. The molecule has 28 heavy (non-hydrogen) atoms. The van der Waals surface area contributed by atoms with Crippen LogP contribution in [0.25, 0.3) is 11.4 Å². The van der Waals surface area contributed by atoms with Gasteiger partial charge in [-0.2, -0.15) is 0 Å². The molecule has 0 unspecified atom stereocenters. The Balaban J connectivity index is 1.36. The minimum atomic E-state index is 0.204. The molecular weight excluding hydrogens is 348 g/mol. The largest absolute Gasteiger partial charge is 0.342 e. The summed E-state index contributed by atoms with van der Waals surface area (Å²) in [5.41, 5.74) is 3.32. The molecule has 1 saturated heterocycles. The number of likely N-dealkylation sites (tertiary alicyclic amines) is 1. The molecule has 0 bridgehead atoms. The van der Waals surface area contributed by atoms with Crippen LogP contribution in [0.5, 0.6) is 0 Å². The van der Waals surface area contributed by atoms with Gasteiger partial charge in [0.1, 0.15) is 5.82 Å². The van der Waals surface area contributed by atoms with Crippen LogP contribution in [-0.4, -0.2) is 38.4 Å². The molecule has 2 aromatic heterocycles. The van der Waals surface area contributed by atoms with E-state index in [1.165, 1.54) is 5.69 Å². The number of carbonyl (C=O) groups excluding carboxylic acids is 1. The van der Waals surface area contributed by atoms with Crippen molar-refractivity contribution < 1.29 is 4.79 Å². The first-order valence-corrected chi connectivity index (χ1v) is 9.95. The van der Waals surface area contributed by atoms with Crippen LogP contribution in [0.1, 0.15) is 24.1 Å². The summed E-state index contributed by atoms with van der Waals surface area (Å²) in [6.07, 6.45) is 7.97. The van der Waals surface area contributed by atoms with E-state index in [0.29, 0.717) is 12.3 Å². The second-order valence-electron chi connectivity index (χ2n) is 7.56. The fourth-order valence-electron chi connectivity index (χ4n) is 3.92. The van der Waals surface area contributed by atoms with Gasteiger partial charge in [0.2, 0.25) is 5.91 Å². The van der Waals surface area contributed by atoms with Gasteiger partial charge in [-0.25, -0.2) is 4.98 Å². The zero-order chi connectivity index (χ0) is 19.3. The van der Waals surface area contributed by atoms with Gasteiger partial charge in [0.05, 0.1) is 6.42 Å². The van der Waals surface area contributed by atoms with E-state index >= 15 is 0 Å². The van der Waals surface area contributed by atoms with Crippen molar-refractivity contribution in [2.75, 3.05) is 13.1 Å². The molecule has 5 nitrogen and oxygen atoms in total. The summed E-state index contributed by atoms with van der Waals surface area (Å²) >= 11 is 0. The average molecular weight is 374 g/mol. The van der Waals surface area contributed by atoms with Crippen LogP contribution in [0.2, 0.25) is 0 Å². The molecule has 0 spiro atoms. The fourth-order valence-corrected chi connectivity index (χ4v) is 3.92. The second kappa shape index (κ2) is 8.38. The monoisotopic (exact) mass is 374 g/mol. The van der Waals surface area contributed by atoms with Crippen molar-refractivity contribution in [3.63, 3.8) is 0 Å². The van der Waals surface area contributed by atoms with Crippen molar-refractivity contribution in [1.82, 2.24) is 19.4 Å². The van der Waals surface area contributed by atoms with Crippen LogP contribution in [0.3, 0.4) is 0 Å². The zero-order valence-electron chi connectivity index (χ0n) is 16.3. The van der Waals surface area contributed by atoms with Gasteiger partial charge in [-0.3, -0.25) is 9.78 Å². The van der Waals surface area contributed by atoms with Gasteiger partial charge in [-0.15, -0.1) is 0 Å². The van der Waals surface area contributed by atoms with Gasteiger partial charge in [-0.05, 0) is 37.3 Å². The number of hydrogen-bond acceptors (Lipinski definition) is 3. The Labute approximate surface area is 166 Å². The van der Waals surface area contributed by atoms with Crippen LogP contribution < -0.4 is 0 Å². The lowest BCUT2D eigenvalue weighted by atomic mass is 9.96. The van der Waals surface area contributed by atoms with E-state index < -0.39 is 0 Å². The van der Waals surface area contributed by atoms with E-state index in [1.807, 2.05) is 29.3 Å². The zero-order valence-corrected chi connectivity index (χ0v) is 16.3. The first-order chi connectivity index (χ1) is 13.7. The van der Waals surface area contributed by atoms with E-state index in [2.05, 4.69) is 45.7 Å². The first-order valence-electron chi connectivity index (χ1n) is 9.95. The Morgan fingerprint density at radius 2 is 1.86 bits per heavy atom. The molecule has 1 aromatic carbocycles. The SMILES string of the molecule is Cc1cnc(-c2ccccc2)n1CC1CCN(C(=O)Cc2cccnc2)CC1. The summed E-state index contributed by atoms with van der Waals surface area (Å²) in [6, 6.07) is 14.2. The third-order valence-electron chi connectivity index (χ3n) is 5.57. The summed E-state index contributed by atoms with van der Waals surface area (Å²) in [6.45, 7) is 4.74. The molecule has 3 aromatic rings. The molecule has 1 fully saturated rings. The fraction of sp³-hybridized carbons (Fsp3) is 0.348. The highest BCUT2D eigenvalue weighted by Gasteiger charge is 2.24. The van der Waals surface area contributed by atoms with E-state index in [-0.39, 0.29) is 5.91 Å². The van der Waals surface area contributed by atoms with Crippen LogP contribution in [-0.2, 0) is 17.8 Å². The Bertz CT molecular complexity index is 912. The number of imidazole rings is 1. The molecule has 4 rings (SSSR count). The Morgan fingerprint density at radius 3 is 2.57 bits per heavy atom. The standard InChI is InChI=1S/C23H26N4O/c1-18-15-25-23(21-7-3-2-4-8-21)27(18)17-19-9-12-26(13-10-19)22(28)14-20-6-5-11-24-16-20/h2-8,11,15-16,19H,9-10,12-14,17H2,1H3. The summed E-state index contributed by atoms with van der Waals surface area (Å²) < 4.78 is 2.33. The maximum Gasteiger partial charge on any atom is 0.227 e. The van der Waals surface area contributed by atoms with Crippen molar-refractivity contribution >= 4 is 5.91 Å². The lowest BCUT2D eigenvalue weighted by molar-refractivity contribution is -0.131. The second-order valence-corrected chi connectivity index (χ2v) is 7.56. The smallest absolute Gasteiger partial charge is 0.227 e. The lowest BCUT2D eigenvalue weighted by Gasteiger charge is -2.32. The summed E-state index contributed by atoms with van der Waals surface area (Å²) in [4.78, 5) is 23.3. The third-order valence-corrected chi connectivity index (χ3v) is 5.57. The third kappa shape index (κ3) is 4.14. The minimum absolute atomic E-state index is 0.204. The van der Waals surface area contributed by atoms with Gasteiger partial charge < -0.3 is 9.47 Å². The van der Waals surface area contributed by atoms with Crippen molar-refractivity contribution in [2.24, 2.45) is 5.92 Å². The maximum atomic E-state index is 12.6. The number of aryl methyl sites for hydroxylation is 1. The van der Waals surface area contributed by atoms with Crippen molar-refractivity contribution in [2.45, 2.75) is 32.7 Å². The number of piperidine rings is 1. The first kappa shape index (κ1) is 18.4. The number of pyridine rings is 1. The van der Waals surface area contributed by atoms with Gasteiger partial charge in [0, 0.05) is 49.5 Å². The Kier molecular flexibility index (Phi) is 5.51. The molecule has 1 aliphatic rings. The number of benzene rings is 1. The number of amides is 1. The number of nitrogens with zero attached hydrogens (tertiary/aromatic N) is 4. The predicted molar refractivity (Wildman–Crippen MR) is 110 cm³/mol. The van der Waals surface area contributed by atoms with Gasteiger partial charge >= 0.3 is 0 Å². The van der Waals surface area contributed by atoms with Crippen LogP contribution >= 0.6 is 0 Å². The molecule has 144 valence electrons. The summed E-state index contributed by atoms with van der Waals surface area (Å²) in [5.74, 6) is 1.81. The molecular formula is C23H26N4O. The van der Waals surface area contributed by atoms with E-state index in [1.54, 1.807) is 12.4 Å². The molecule has 0 saturated carbocycles. The topological polar surface area (TPSA) is 51.0 Å². The molecule has 0 aliphatic carbocycles. The van der Waals surface area contributed by atoms with Crippen molar-refractivity contribution in [1.29, 1.82) is 0 Å². The van der Waals surface area contributed by atoms with Crippen LogP contribution in [0, 0.1) is 12.8 Å². The van der Waals surface area contributed by atoms with Crippen molar-refractivity contribution in [3.05, 3.63) is 72.3 Å². The number of rotatable bonds is 5. The molecule has 0 radical (unpaired) electrons. The van der Waals surface area contributed by atoms with Gasteiger partial charge in [-0.1, -0.05) is 36.4 Å².